The Bertz CT molecular complexity index is 1040. The number of methoxy groups -OCH3 is 1. The van der Waals surface area contributed by atoms with E-state index < -0.39 is 0 Å². The quantitative estimate of drug-likeness (QED) is 0.227. The molecule has 0 bridgehead atoms. The Morgan fingerprint density at radius 2 is 2.08 bits per heavy atom. The highest BCUT2D eigenvalue weighted by atomic mass is 16.6. The lowest BCUT2D eigenvalue weighted by Crippen LogP contribution is -2.55. The van der Waals surface area contributed by atoms with Crippen molar-refractivity contribution in [3.8, 4) is 0 Å². The van der Waals surface area contributed by atoms with E-state index >= 15 is 0 Å². The van der Waals surface area contributed by atoms with E-state index in [1.54, 1.807) is 7.11 Å². The molecule has 3 saturated heterocycles. The van der Waals surface area contributed by atoms with Gasteiger partial charge in [0.25, 0.3) is 0 Å². The maximum Gasteiger partial charge on any atom is 0.306 e. The van der Waals surface area contributed by atoms with Crippen LogP contribution in [0.5, 0.6) is 0 Å². The molecule has 0 N–H and O–H groups in total. The molecule has 4 aliphatic rings. The van der Waals surface area contributed by atoms with Crippen molar-refractivity contribution in [2.45, 2.75) is 121 Å². The highest BCUT2D eigenvalue weighted by Gasteiger charge is 2.72. The lowest BCUT2D eigenvalue weighted by Gasteiger charge is -2.42. The molecule has 39 heavy (non-hydrogen) atoms. The van der Waals surface area contributed by atoms with Crippen molar-refractivity contribution in [3.63, 3.8) is 0 Å². The summed E-state index contributed by atoms with van der Waals surface area (Å²) < 4.78 is 26.8. The lowest BCUT2D eigenvalue weighted by atomic mass is 9.68. The summed E-state index contributed by atoms with van der Waals surface area (Å²) in [4.78, 5) is 20.5. The van der Waals surface area contributed by atoms with Gasteiger partial charge in [-0.2, -0.15) is 0 Å². The lowest BCUT2D eigenvalue weighted by molar-refractivity contribution is -0.172. The van der Waals surface area contributed by atoms with Gasteiger partial charge in [-0.15, -0.1) is 0 Å². The van der Waals surface area contributed by atoms with Crippen LogP contribution in [0.1, 0.15) is 84.8 Å². The summed E-state index contributed by atoms with van der Waals surface area (Å²) in [7, 11) is 3.92. The number of hydrogen-bond acceptors (Lipinski definition) is 7. The smallest absolute Gasteiger partial charge is 0.306 e. The topological polar surface area (TPSA) is 81.7 Å². The van der Waals surface area contributed by atoms with Gasteiger partial charge in [0.2, 0.25) is 0 Å². The molecule has 1 aliphatic carbocycles. The van der Waals surface area contributed by atoms with Gasteiger partial charge in [-0.3, -0.25) is 4.79 Å². The van der Waals surface area contributed by atoms with Gasteiger partial charge < -0.3 is 28.4 Å². The predicted molar refractivity (Wildman–Crippen MR) is 149 cm³/mol. The second-order valence-electron chi connectivity index (χ2n) is 13.2. The molecule has 0 aromatic carbocycles. The Morgan fingerprint density at radius 3 is 2.69 bits per heavy atom. The molecule has 1 aromatic heterocycles. The van der Waals surface area contributed by atoms with Crippen LogP contribution in [-0.4, -0.2) is 83.3 Å². The number of esters is 1. The summed E-state index contributed by atoms with van der Waals surface area (Å²) in [6.07, 6.45) is 11.1. The number of likely N-dealkylation sites (N-methyl/N-ethyl adjacent to an activating group) is 1. The number of epoxide rings is 2. The van der Waals surface area contributed by atoms with Crippen LogP contribution in [0.2, 0.25) is 0 Å². The number of nitrogens with zero attached hydrogens (tertiary/aromatic N) is 3. The predicted octanol–water partition coefficient (Wildman–Crippen LogP) is 4.73. The number of hydrogen-bond donors (Lipinski definition) is 0. The third-order valence-corrected chi connectivity index (χ3v) is 9.84. The van der Waals surface area contributed by atoms with Crippen LogP contribution in [0.3, 0.4) is 0 Å². The molecule has 0 radical (unpaired) electrons. The van der Waals surface area contributed by atoms with Crippen molar-refractivity contribution in [3.05, 3.63) is 29.9 Å². The summed E-state index contributed by atoms with van der Waals surface area (Å²) in [5.41, 5.74) is 1.70. The van der Waals surface area contributed by atoms with E-state index in [0.717, 1.165) is 44.7 Å². The number of aromatic nitrogens is 2. The minimum absolute atomic E-state index is 0.0104. The van der Waals surface area contributed by atoms with Crippen LogP contribution >= 0.6 is 0 Å². The average molecular weight is 544 g/mol. The molecule has 8 atom stereocenters. The monoisotopic (exact) mass is 543 g/mol. The number of imidazole rings is 1. The number of carbonyl (C=O) groups is 1. The summed E-state index contributed by atoms with van der Waals surface area (Å²) in [5, 5.41) is 0. The third kappa shape index (κ3) is 5.99. The van der Waals surface area contributed by atoms with Gasteiger partial charge in [0, 0.05) is 31.8 Å². The zero-order valence-electron chi connectivity index (χ0n) is 25.0. The van der Waals surface area contributed by atoms with E-state index in [4.69, 9.17) is 23.9 Å². The van der Waals surface area contributed by atoms with Crippen molar-refractivity contribution in [2.75, 3.05) is 27.3 Å². The molecule has 3 aliphatic heterocycles. The molecule has 0 unspecified atom stereocenters. The Balaban J connectivity index is 1.24. The van der Waals surface area contributed by atoms with Crippen LogP contribution in [0.15, 0.2) is 24.2 Å². The molecular formula is C31H49N3O5. The van der Waals surface area contributed by atoms with Crippen molar-refractivity contribution >= 4 is 5.97 Å². The van der Waals surface area contributed by atoms with Crippen LogP contribution in [0, 0.1) is 11.8 Å². The first-order valence-electron chi connectivity index (χ1n) is 15.0. The first-order chi connectivity index (χ1) is 18.6. The molecule has 5 rings (SSSR count). The number of ether oxygens (including phenoxy) is 4. The normalized spacial score (nSPS) is 36.8. The largest absolute Gasteiger partial charge is 0.460 e. The van der Waals surface area contributed by atoms with Gasteiger partial charge in [-0.25, -0.2) is 4.98 Å². The highest BCUT2D eigenvalue weighted by Crippen LogP contribution is 2.59. The van der Waals surface area contributed by atoms with E-state index in [-0.39, 0.29) is 53.2 Å². The summed E-state index contributed by atoms with van der Waals surface area (Å²) in [6, 6.07) is 0.553. The zero-order valence-corrected chi connectivity index (χ0v) is 25.0. The summed E-state index contributed by atoms with van der Waals surface area (Å²) in [6.45, 7) is 13.5. The van der Waals surface area contributed by atoms with E-state index in [2.05, 4.69) is 63.4 Å². The standard InChI is InChI=1S/C31H49N3O5/c1-20(2)10-11-26-30(5,39-26)29-28(36-7)25(12-13-31(29)18-37-31)38-27(35)15-23(21(3)4)24-17-34(19-32-24)16-22-9-8-14-33(22)6/h10,17,19,21-23,25-26,28-29H,8-9,11-16,18H2,1-7H3/t22-,23-,25+,26+,28+,29+,30-,31-/m0/s1. The second kappa shape index (κ2) is 11.3. The van der Waals surface area contributed by atoms with Crippen LogP contribution in [-0.2, 0) is 30.3 Å². The molecule has 0 amide bonds. The third-order valence-electron chi connectivity index (χ3n) is 9.84. The number of rotatable bonds is 11. The first-order valence-corrected chi connectivity index (χ1v) is 15.0. The molecular weight excluding hydrogens is 494 g/mol. The van der Waals surface area contributed by atoms with E-state index in [1.807, 2.05) is 6.33 Å². The number of likely N-dealkylation sites (tertiary alicyclic amines) is 1. The Kier molecular flexibility index (Phi) is 8.31. The van der Waals surface area contributed by atoms with E-state index in [1.165, 1.54) is 18.4 Å². The molecule has 8 heteroatoms. The first kappa shape index (κ1) is 28.8. The zero-order chi connectivity index (χ0) is 27.9. The maximum absolute atomic E-state index is 13.4. The van der Waals surface area contributed by atoms with E-state index in [9.17, 15) is 4.79 Å². The molecule has 1 spiro atoms. The SMILES string of the molecule is CO[C@@H]1[C@H](OC(=O)C[C@H](c2cn(C[C@@H]3CCCN3C)cn2)C(C)C)CC[C@]2(CO2)[C@H]1[C@@]1(C)O[C@@H]1CC=C(C)C. The van der Waals surface area contributed by atoms with Gasteiger partial charge in [0.05, 0.1) is 37.1 Å². The van der Waals surface area contributed by atoms with E-state index in [0.29, 0.717) is 12.5 Å². The second-order valence-corrected chi connectivity index (χ2v) is 13.2. The van der Waals surface area contributed by atoms with Crippen molar-refractivity contribution < 1.29 is 23.7 Å². The molecule has 1 aromatic rings. The van der Waals surface area contributed by atoms with Crippen LogP contribution in [0.25, 0.3) is 0 Å². The number of allylic oxidation sites excluding steroid dienone is 1. The minimum atomic E-state index is -0.338. The Labute approximate surface area is 234 Å². The fourth-order valence-corrected chi connectivity index (χ4v) is 7.27. The van der Waals surface area contributed by atoms with Crippen molar-refractivity contribution in [2.24, 2.45) is 11.8 Å². The van der Waals surface area contributed by atoms with Crippen molar-refractivity contribution in [1.82, 2.24) is 14.5 Å². The summed E-state index contributed by atoms with van der Waals surface area (Å²) in [5.74, 6) is 0.129. The van der Waals surface area contributed by atoms with Gasteiger partial charge in [0.15, 0.2) is 0 Å². The van der Waals surface area contributed by atoms with Crippen LogP contribution in [0.4, 0.5) is 0 Å². The fourth-order valence-electron chi connectivity index (χ4n) is 7.27. The number of carbonyl (C=O) groups excluding carboxylic acids is 1. The Hall–Kier alpha value is -1.74. The van der Waals surface area contributed by atoms with Crippen molar-refractivity contribution in [1.29, 1.82) is 0 Å². The minimum Gasteiger partial charge on any atom is -0.460 e. The highest BCUT2D eigenvalue weighted by molar-refractivity contribution is 5.70. The fraction of sp³-hybridized carbons (Fsp3) is 0.806. The van der Waals surface area contributed by atoms with Gasteiger partial charge >= 0.3 is 5.97 Å². The Morgan fingerprint density at radius 1 is 1.31 bits per heavy atom. The van der Waals surface area contributed by atoms with Gasteiger partial charge in [0.1, 0.15) is 23.4 Å². The molecule has 8 nitrogen and oxygen atoms in total. The maximum atomic E-state index is 13.4. The molecule has 1 saturated carbocycles. The van der Waals surface area contributed by atoms with Crippen LogP contribution < -0.4 is 0 Å². The summed E-state index contributed by atoms with van der Waals surface area (Å²) >= 11 is 0. The molecule has 4 fully saturated rings. The van der Waals surface area contributed by atoms with Gasteiger partial charge in [-0.05, 0) is 72.4 Å². The molecule has 4 heterocycles. The van der Waals surface area contributed by atoms with Gasteiger partial charge in [-0.1, -0.05) is 25.5 Å². The molecule has 218 valence electrons. The average Bonchev–Trinajstić information content (AvgIpc) is 3.67.